The summed E-state index contributed by atoms with van der Waals surface area (Å²) in [6.45, 7) is -0.397. The van der Waals surface area contributed by atoms with Gasteiger partial charge in [-0.15, -0.1) is 0 Å². The van der Waals surface area contributed by atoms with E-state index in [2.05, 4.69) is 10.3 Å². The average molecular weight is 293 g/mol. The molecule has 19 heavy (non-hydrogen) atoms. The van der Waals surface area contributed by atoms with Gasteiger partial charge in [-0.1, -0.05) is 11.6 Å². The van der Waals surface area contributed by atoms with E-state index in [9.17, 15) is 14.6 Å². The SMILES string of the molecule is OC[C@H]1OC[C@H](Nc2ncc(Cl)cc2F)[C@@H](O)[C@H]1O. The molecule has 0 saturated carbocycles. The van der Waals surface area contributed by atoms with Gasteiger partial charge >= 0.3 is 0 Å². The molecule has 4 N–H and O–H groups in total. The normalized spacial score (nSPS) is 31.2. The van der Waals surface area contributed by atoms with Crippen molar-refractivity contribution in [2.75, 3.05) is 18.5 Å². The van der Waals surface area contributed by atoms with Crippen LogP contribution in [0.2, 0.25) is 5.02 Å². The summed E-state index contributed by atoms with van der Waals surface area (Å²) in [5, 5.41) is 31.3. The highest BCUT2D eigenvalue weighted by Crippen LogP contribution is 2.21. The molecule has 0 radical (unpaired) electrons. The molecule has 0 aliphatic carbocycles. The number of aromatic nitrogens is 1. The van der Waals surface area contributed by atoms with Crippen LogP contribution in [0.1, 0.15) is 0 Å². The Morgan fingerprint density at radius 1 is 1.47 bits per heavy atom. The van der Waals surface area contributed by atoms with Gasteiger partial charge in [0.1, 0.15) is 18.3 Å². The number of ether oxygens (including phenoxy) is 1. The van der Waals surface area contributed by atoms with Gasteiger partial charge in [0.15, 0.2) is 11.6 Å². The fourth-order valence-electron chi connectivity index (χ4n) is 1.87. The van der Waals surface area contributed by atoms with Crippen molar-refractivity contribution in [3.63, 3.8) is 0 Å². The summed E-state index contributed by atoms with van der Waals surface area (Å²) in [6.07, 6.45) is -2.05. The van der Waals surface area contributed by atoms with Crippen molar-refractivity contribution in [2.45, 2.75) is 24.4 Å². The van der Waals surface area contributed by atoms with E-state index in [1.807, 2.05) is 0 Å². The molecule has 1 saturated heterocycles. The molecule has 2 heterocycles. The lowest BCUT2D eigenvalue weighted by atomic mass is 9.98. The molecule has 0 spiro atoms. The molecule has 6 nitrogen and oxygen atoms in total. The van der Waals surface area contributed by atoms with E-state index in [0.29, 0.717) is 0 Å². The quantitative estimate of drug-likeness (QED) is 0.615. The molecule has 1 fully saturated rings. The predicted octanol–water partition coefficient (Wildman–Crippen LogP) is -0.233. The minimum atomic E-state index is -1.26. The zero-order valence-corrected chi connectivity index (χ0v) is 10.6. The number of nitrogens with one attached hydrogen (secondary N) is 1. The van der Waals surface area contributed by atoms with Crippen LogP contribution in [0.4, 0.5) is 10.2 Å². The first kappa shape index (κ1) is 14.4. The van der Waals surface area contributed by atoms with Gasteiger partial charge < -0.3 is 25.4 Å². The molecule has 1 aromatic heterocycles. The number of hydrogen-bond acceptors (Lipinski definition) is 6. The molecule has 0 unspecified atom stereocenters. The molecule has 2 rings (SSSR count). The number of aliphatic hydroxyl groups is 3. The summed E-state index contributed by atoms with van der Waals surface area (Å²) >= 11 is 5.58. The van der Waals surface area contributed by atoms with Crippen LogP contribution in [0, 0.1) is 5.82 Å². The Labute approximate surface area is 113 Å². The fourth-order valence-corrected chi connectivity index (χ4v) is 2.01. The third-order valence-electron chi connectivity index (χ3n) is 2.94. The first-order valence-corrected chi connectivity index (χ1v) is 6.07. The van der Waals surface area contributed by atoms with Gasteiger partial charge in [-0.2, -0.15) is 0 Å². The largest absolute Gasteiger partial charge is 0.394 e. The van der Waals surface area contributed by atoms with Crippen molar-refractivity contribution in [2.24, 2.45) is 0 Å². The number of hydrogen-bond donors (Lipinski definition) is 4. The Bertz CT molecular complexity index is 451. The molecule has 106 valence electrons. The Morgan fingerprint density at radius 3 is 2.84 bits per heavy atom. The molecule has 0 amide bonds. The van der Waals surface area contributed by atoms with Gasteiger partial charge in [-0.25, -0.2) is 9.37 Å². The lowest BCUT2D eigenvalue weighted by Crippen LogP contribution is -2.56. The lowest BCUT2D eigenvalue weighted by molar-refractivity contribution is -0.152. The first-order chi connectivity index (χ1) is 9.02. The van der Waals surface area contributed by atoms with Gasteiger partial charge in [0.25, 0.3) is 0 Å². The Morgan fingerprint density at radius 2 is 2.21 bits per heavy atom. The van der Waals surface area contributed by atoms with Gasteiger partial charge in [0, 0.05) is 6.20 Å². The number of nitrogens with zero attached hydrogens (tertiary/aromatic N) is 1. The van der Waals surface area contributed by atoms with Crippen molar-refractivity contribution in [1.82, 2.24) is 4.98 Å². The molecular formula is C11H14ClFN2O4. The van der Waals surface area contributed by atoms with E-state index in [1.165, 1.54) is 6.20 Å². The van der Waals surface area contributed by atoms with Gasteiger partial charge in [-0.3, -0.25) is 0 Å². The predicted molar refractivity (Wildman–Crippen MR) is 65.5 cm³/mol. The van der Waals surface area contributed by atoms with E-state index in [4.69, 9.17) is 21.4 Å². The molecule has 1 aliphatic rings. The molecule has 0 bridgehead atoms. The summed E-state index contributed by atoms with van der Waals surface area (Å²) in [5.74, 6) is -0.759. The van der Waals surface area contributed by atoms with Crippen LogP contribution in [-0.2, 0) is 4.74 Å². The monoisotopic (exact) mass is 292 g/mol. The maximum absolute atomic E-state index is 13.5. The van der Waals surface area contributed by atoms with Crippen LogP contribution < -0.4 is 5.32 Å². The Kier molecular flexibility index (Phi) is 4.54. The molecule has 0 aromatic carbocycles. The van der Waals surface area contributed by atoms with Crippen LogP contribution in [0.25, 0.3) is 0 Å². The van der Waals surface area contributed by atoms with Crippen LogP contribution in [0.15, 0.2) is 12.3 Å². The molecular weight excluding hydrogens is 279 g/mol. The molecule has 4 atom stereocenters. The van der Waals surface area contributed by atoms with E-state index >= 15 is 0 Å². The van der Waals surface area contributed by atoms with E-state index in [0.717, 1.165) is 6.07 Å². The first-order valence-electron chi connectivity index (χ1n) is 5.69. The highest BCUT2D eigenvalue weighted by Gasteiger charge is 2.38. The van der Waals surface area contributed by atoms with E-state index < -0.39 is 36.8 Å². The zero-order valence-electron chi connectivity index (χ0n) is 9.83. The second-order valence-electron chi connectivity index (χ2n) is 4.27. The zero-order chi connectivity index (χ0) is 14.0. The van der Waals surface area contributed by atoms with Crippen LogP contribution >= 0.6 is 11.6 Å². The van der Waals surface area contributed by atoms with Crippen molar-refractivity contribution in [3.05, 3.63) is 23.1 Å². The number of aliphatic hydroxyl groups excluding tert-OH is 3. The van der Waals surface area contributed by atoms with Crippen molar-refractivity contribution in [1.29, 1.82) is 0 Å². The van der Waals surface area contributed by atoms with E-state index in [1.54, 1.807) is 0 Å². The van der Waals surface area contributed by atoms with Gasteiger partial charge in [0.2, 0.25) is 0 Å². The number of rotatable bonds is 3. The van der Waals surface area contributed by atoms with Crippen LogP contribution in [-0.4, -0.2) is 57.9 Å². The second kappa shape index (κ2) is 5.98. The highest BCUT2D eigenvalue weighted by molar-refractivity contribution is 6.30. The lowest BCUT2D eigenvalue weighted by Gasteiger charge is -2.37. The summed E-state index contributed by atoms with van der Waals surface area (Å²) < 4.78 is 18.7. The van der Waals surface area contributed by atoms with Gasteiger partial charge in [-0.05, 0) is 6.07 Å². The average Bonchev–Trinajstić information content (AvgIpc) is 2.38. The van der Waals surface area contributed by atoms with Gasteiger partial charge in [0.05, 0.1) is 24.3 Å². The summed E-state index contributed by atoms with van der Waals surface area (Å²) in [7, 11) is 0. The summed E-state index contributed by atoms with van der Waals surface area (Å²) in [4.78, 5) is 3.75. The summed E-state index contributed by atoms with van der Waals surface area (Å²) in [5.41, 5.74) is 0. The molecule has 8 heteroatoms. The smallest absolute Gasteiger partial charge is 0.166 e. The molecule has 1 aromatic rings. The second-order valence-corrected chi connectivity index (χ2v) is 4.71. The standard InChI is InChI=1S/C11H14ClFN2O4/c12-5-1-6(13)11(14-2-5)15-7-4-19-8(3-16)10(18)9(7)17/h1-2,7-10,16-18H,3-4H2,(H,14,15)/t7-,8+,9+,10-/m0/s1. The Balaban J connectivity index is 2.07. The van der Waals surface area contributed by atoms with Crippen molar-refractivity contribution >= 4 is 17.4 Å². The third kappa shape index (κ3) is 3.13. The van der Waals surface area contributed by atoms with Crippen molar-refractivity contribution in [3.8, 4) is 0 Å². The van der Waals surface area contributed by atoms with Crippen molar-refractivity contribution < 1.29 is 24.4 Å². The maximum Gasteiger partial charge on any atom is 0.166 e. The highest BCUT2D eigenvalue weighted by atomic mass is 35.5. The van der Waals surface area contributed by atoms with Crippen LogP contribution in [0.3, 0.4) is 0 Å². The summed E-state index contributed by atoms with van der Waals surface area (Å²) in [6, 6.07) is 0.348. The number of anilines is 1. The maximum atomic E-state index is 13.5. The molecule has 1 aliphatic heterocycles. The van der Waals surface area contributed by atoms with Crippen LogP contribution in [0.5, 0.6) is 0 Å². The Hall–Kier alpha value is -0.990. The number of halogens is 2. The van der Waals surface area contributed by atoms with E-state index in [-0.39, 0.29) is 17.4 Å². The number of pyridine rings is 1. The minimum absolute atomic E-state index is 0.00714. The minimum Gasteiger partial charge on any atom is -0.394 e. The third-order valence-corrected chi connectivity index (χ3v) is 3.15. The fraction of sp³-hybridized carbons (Fsp3) is 0.545. The topological polar surface area (TPSA) is 94.8 Å².